The highest BCUT2D eigenvalue weighted by Crippen LogP contribution is 2.32. The van der Waals surface area contributed by atoms with Crippen LogP contribution in [0.15, 0.2) is 23.2 Å². The maximum absolute atomic E-state index is 5.91. The number of guanidine groups is 1. The summed E-state index contributed by atoms with van der Waals surface area (Å²) in [4.78, 5) is 4.38. The van der Waals surface area contributed by atoms with Crippen LogP contribution in [0.2, 0.25) is 0 Å². The molecule has 1 aliphatic heterocycles. The number of rotatable bonds is 3. The van der Waals surface area contributed by atoms with Crippen molar-refractivity contribution in [2.45, 2.75) is 25.7 Å². The molecule has 3 N–H and O–H groups in total. The van der Waals surface area contributed by atoms with Crippen LogP contribution in [0.25, 0.3) is 0 Å². The second kappa shape index (κ2) is 6.03. The predicted octanol–water partition coefficient (Wildman–Crippen LogP) is 2.37. The minimum Gasteiger partial charge on any atom is -0.490 e. The monoisotopic (exact) mass is 275 g/mol. The van der Waals surface area contributed by atoms with Gasteiger partial charge in [-0.1, -0.05) is 6.42 Å². The molecule has 3 rings (SSSR count). The molecular formula is C15H21N3O2. The van der Waals surface area contributed by atoms with Crippen molar-refractivity contribution in [2.75, 3.05) is 25.1 Å². The summed E-state index contributed by atoms with van der Waals surface area (Å²) in [6.45, 7) is 2.20. The number of nitrogens with two attached hydrogens (primary N) is 1. The standard InChI is InChI=1S/C15H21N3O2/c16-15(17-10-11-3-1-4-11)18-12-5-6-13-14(9-12)20-8-2-7-19-13/h5-6,9,11H,1-4,7-8,10H2,(H3,16,17,18). The Morgan fingerprint density at radius 1 is 1.20 bits per heavy atom. The van der Waals surface area contributed by atoms with Gasteiger partial charge in [-0.05, 0) is 30.9 Å². The predicted molar refractivity (Wildman–Crippen MR) is 79.5 cm³/mol. The number of ether oxygens (including phenoxy) is 2. The molecule has 1 aromatic rings. The van der Waals surface area contributed by atoms with Crippen LogP contribution in [0.4, 0.5) is 5.69 Å². The molecule has 1 aliphatic carbocycles. The highest BCUT2D eigenvalue weighted by molar-refractivity contribution is 5.92. The fraction of sp³-hybridized carbons (Fsp3) is 0.533. The zero-order valence-corrected chi connectivity index (χ0v) is 11.6. The van der Waals surface area contributed by atoms with E-state index in [4.69, 9.17) is 15.2 Å². The van der Waals surface area contributed by atoms with Gasteiger partial charge in [0.05, 0.1) is 13.2 Å². The first-order valence-corrected chi connectivity index (χ1v) is 7.28. The Bertz CT molecular complexity index is 498. The molecule has 0 radical (unpaired) electrons. The Morgan fingerprint density at radius 3 is 2.75 bits per heavy atom. The van der Waals surface area contributed by atoms with Crippen LogP contribution in [-0.4, -0.2) is 25.7 Å². The minimum atomic E-state index is 0.464. The molecule has 0 aromatic heterocycles. The van der Waals surface area contributed by atoms with Crippen LogP contribution in [0.1, 0.15) is 25.7 Å². The lowest BCUT2D eigenvalue weighted by Gasteiger charge is -2.23. The lowest BCUT2D eigenvalue weighted by molar-refractivity contribution is 0.297. The summed E-state index contributed by atoms with van der Waals surface area (Å²) in [7, 11) is 0. The van der Waals surface area contributed by atoms with Gasteiger partial charge in [0.1, 0.15) is 0 Å². The van der Waals surface area contributed by atoms with Crippen molar-refractivity contribution in [1.82, 2.24) is 0 Å². The lowest BCUT2D eigenvalue weighted by Crippen LogP contribution is -2.25. The van der Waals surface area contributed by atoms with Crippen LogP contribution < -0.4 is 20.5 Å². The summed E-state index contributed by atoms with van der Waals surface area (Å²) >= 11 is 0. The van der Waals surface area contributed by atoms with Gasteiger partial charge in [0.25, 0.3) is 0 Å². The highest BCUT2D eigenvalue weighted by Gasteiger charge is 2.16. The van der Waals surface area contributed by atoms with Gasteiger partial charge >= 0.3 is 0 Å². The second-order valence-corrected chi connectivity index (χ2v) is 5.36. The first-order chi connectivity index (χ1) is 9.81. The molecule has 0 amide bonds. The Kier molecular flexibility index (Phi) is 3.95. The SMILES string of the molecule is NC(=NCC1CCC1)Nc1ccc2c(c1)OCCCO2. The molecule has 0 unspecified atom stereocenters. The molecule has 108 valence electrons. The highest BCUT2D eigenvalue weighted by atomic mass is 16.5. The number of fused-ring (bicyclic) bond motifs is 1. The quantitative estimate of drug-likeness (QED) is 0.656. The molecule has 0 spiro atoms. The largest absolute Gasteiger partial charge is 0.490 e. The van der Waals surface area contributed by atoms with Crippen LogP contribution >= 0.6 is 0 Å². The summed E-state index contributed by atoms with van der Waals surface area (Å²) in [6.07, 6.45) is 4.79. The number of nitrogens with one attached hydrogen (secondary N) is 1. The van der Waals surface area contributed by atoms with Gasteiger partial charge in [-0.15, -0.1) is 0 Å². The third kappa shape index (κ3) is 3.15. The maximum Gasteiger partial charge on any atom is 0.193 e. The zero-order chi connectivity index (χ0) is 13.8. The summed E-state index contributed by atoms with van der Waals surface area (Å²) in [5.74, 6) is 2.74. The van der Waals surface area contributed by atoms with E-state index in [9.17, 15) is 0 Å². The van der Waals surface area contributed by atoms with Crippen molar-refractivity contribution < 1.29 is 9.47 Å². The van der Waals surface area contributed by atoms with E-state index in [2.05, 4.69) is 10.3 Å². The second-order valence-electron chi connectivity index (χ2n) is 5.36. The summed E-state index contributed by atoms with van der Waals surface area (Å²) < 4.78 is 11.2. The van der Waals surface area contributed by atoms with E-state index in [-0.39, 0.29) is 0 Å². The molecule has 20 heavy (non-hydrogen) atoms. The normalized spacial score (nSPS) is 19.1. The number of hydrogen-bond donors (Lipinski definition) is 2. The topological polar surface area (TPSA) is 68.9 Å². The molecule has 1 saturated carbocycles. The van der Waals surface area contributed by atoms with E-state index in [1.165, 1.54) is 19.3 Å². The van der Waals surface area contributed by atoms with E-state index in [0.717, 1.165) is 36.1 Å². The molecule has 5 heteroatoms. The minimum absolute atomic E-state index is 0.464. The van der Waals surface area contributed by atoms with Crippen molar-refractivity contribution in [1.29, 1.82) is 0 Å². The third-order valence-corrected chi connectivity index (χ3v) is 3.76. The van der Waals surface area contributed by atoms with Gasteiger partial charge in [0.2, 0.25) is 0 Å². The lowest BCUT2D eigenvalue weighted by atomic mass is 9.86. The number of anilines is 1. The van der Waals surface area contributed by atoms with Gasteiger partial charge in [0, 0.05) is 24.7 Å². The molecule has 1 heterocycles. The van der Waals surface area contributed by atoms with Crippen molar-refractivity contribution in [3.05, 3.63) is 18.2 Å². The van der Waals surface area contributed by atoms with E-state index >= 15 is 0 Å². The summed E-state index contributed by atoms with van der Waals surface area (Å²) in [5, 5.41) is 3.11. The van der Waals surface area contributed by atoms with Crippen molar-refractivity contribution in [2.24, 2.45) is 16.6 Å². The molecule has 0 bridgehead atoms. The number of hydrogen-bond acceptors (Lipinski definition) is 3. The first-order valence-electron chi connectivity index (χ1n) is 7.28. The Labute approximate surface area is 119 Å². The van der Waals surface area contributed by atoms with Crippen molar-refractivity contribution in [3.8, 4) is 11.5 Å². The Hall–Kier alpha value is -1.91. The van der Waals surface area contributed by atoms with E-state index in [0.29, 0.717) is 19.2 Å². The Morgan fingerprint density at radius 2 is 2.00 bits per heavy atom. The molecule has 1 fully saturated rings. The van der Waals surface area contributed by atoms with Crippen LogP contribution in [0.5, 0.6) is 11.5 Å². The average molecular weight is 275 g/mol. The van der Waals surface area contributed by atoms with Crippen LogP contribution in [0.3, 0.4) is 0 Å². The Balaban J connectivity index is 1.63. The molecular weight excluding hydrogens is 254 g/mol. The zero-order valence-electron chi connectivity index (χ0n) is 11.6. The summed E-state index contributed by atoms with van der Waals surface area (Å²) in [5.41, 5.74) is 6.79. The molecule has 0 saturated heterocycles. The first kappa shape index (κ1) is 13.1. The fourth-order valence-corrected chi connectivity index (χ4v) is 2.33. The number of aliphatic imine (C=N–C) groups is 1. The van der Waals surface area contributed by atoms with E-state index < -0.39 is 0 Å². The number of nitrogens with zero attached hydrogens (tertiary/aromatic N) is 1. The summed E-state index contributed by atoms with van der Waals surface area (Å²) in [6, 6.07) is 5.74. The third-order valence-electron chi connectivity index (χ3n) is 3.76. The van der Waals surface area contributed by atoms with E-state index in [1.54, 1.807) is 0 Å². The average Bonchev–Trinajstić information content (AvgIpc) is 2.61. The van der Waals surface area contributed by atoms with Gasteiger partial charge in [-0.3, -0.25) is 4.99 Å². The molecule has 1 aromatic carbocycles. The van der Waals surface area contributed by atoms with Gasteiger partial charge in [0.15, 0.2) is 17.5 Å². The van der Waals surface area contributed by atoms with Crippen LogP contribution in [0, 0.1) is 5.92 Å². The van der Waals surface area contributed by atoms with Crippen LogP contribution in [-0.2, 0) is 0 Å². The van der Waals surface area contributed by atoms with Gasteiger partial charge in [-0.2, -0.15) is 0 Å². The fourth-order valence-electron chi connectivity index (χ4n) is 2.33. The number of benzene rings is 1. The van der Waals surface area contributed by atoms with Gasteiger partial charge < -0.3 is 20.5 Å². The van der Waals surface area contributed by atoms with Crippen molar-refractivity contribution >= 4 is 11.6 Å². The van der Waals surface area contributed by atoms with Gasteiger partial charge in [-0.25, -0.2) is 0 Å². The maximum atomic E-state index is 5.91. The molecule has 2 aliphatic rings. The van der Waals surface area contributed by atoms with E-state index in [1.807, 2.05) is 18.2 Å². The smallest absolute Gasteiger partial charge is 0.193 e. The van der Waals surface area contributed by atoms with Crippen molar-refractivity contribution in [3.63, 3.8) is 0 Å². The molecule has 0 atom stereocenters. The molecule has 5 nitrogen and oxygen atoms in total.